The van der Waals surface area contributed by atoms with E-state index in [1.165, 1.54) is 20.0 Å². The number of aliphatic hydroxyl groups excluding tert-OH is 2. The van der Waals surface area contributed by atoms with Crippen LogP contribution in [0.2, 0.25) is 0 Å². The van der Waals surface area contributed by atoms with Gasteiger partial charge in [0.1, 0.15) is 18.3 Å². The van der Waals surface area contributed by atoms with Crippen LogP contribution in [0.5, 0.6) is 0 Å². The number of aromatic nitrogens is 2. The number of hydrogen-bond donors (Lipinski definition) is 4. The number of rotatable bonds is 2. The van der Waals surface area contributed by atoms with Gasteiger partial charge >= 0.3 is 5.69 Å². The smallest absolute Gasteiger partial charge is 0.330 e. The number of aliphatic hydroxyl groups is 3. The Kier molecular flexibility index (Phi) is 4.08. The van der Waals surface area contributed by atoms with Crippen LogP contribution in [0.3, 0.4) is 0 Å². The molecule has 1 aliphatic rings. The second-order valence-corrected chi connectivity index (χ2v) is 6.39. The third-order valence-electron chi connectivity index (χ3n) is 3.13. The monoisotopic (exact) mass is 398 g/mol. The van der Waals surface area contributed by atoms with Gasteiger partial charge in [-0.25, -0.2) is 4.79 Å². The maximum Gasteiger partial charge on any atom is 0.330 e. The van der Waals surface area contributed by atoms with Gasteiger partial charge in [0.2, 0.25) is 0 Å². The van der Waals surface area contributed by atoms with Crippen molar-refractivity contribution < 1.29 is 20.1 Å². The molecule has 20 heavy (non-hydrogen) atoms. The van der Waals surface area contributed by atoms with Gasteiger partial charge in [0, 0.05) is 6.20 Å². The van der Waals surface area contributed by atoms with Crippen LogP contribution in [0.4, 0.5) is 0 Å². The fourth-order valence-corrected chi connectivity index (χ4v) is 2.56. The SMILES string of the molecule is CC(C)(O)[C@H]1O[C@@H](n2cc(I)c(=O)[nH]c2=O)[C@H](O)[C@@H]1O. The molecule has 0 spiro atoms. The van der Waals surface area contributed by atoms with Crippen LogP contribution in [-0.2, 0) is 4.74 Å². The van der Waals surface area contributed by atoms with Crippen LogP contribution >= 0.6 is 22.6 Å². The van der Waals surface area contributed by atoms with Crippen molar-refractivity contribution in [3.63, 3.8) is 0 Å². The zero-order valence-corrected chi connectivity index (χ0v) is 12.9. The van der Waals surface area contributed by atoms with E-state index >= 15 is 0 Å². The maximum atomic E-state index is 11.8. The summed E-state index contributed by atoms with van der Waals surface area (Å²) in [7, 11) is 0. The van der Waals surface area contributed by atoms with E-state index in [1.54, 1.807) is 22.6 Å². The Balaban J connectivity index is 2.43. The molecule has 1 aromatic rings. The lowest BCUT2D eigenvalue weighted by Crippen LogP contribution is -2.45. The number of nitrogens with zero attached hydrogens (tertiary/aromatic N) is 1. The third-order valence-corrected chi connectivity index (χ3v) is 3.90. The van der Waals surface area contributed by atoms with Crippen LogP contribution in [-0.4, -0.2) is 48.8 Å². The highest BCUT2D eigenvalue weighted by Gasteiger charge is 2.50. The van der Waals surface area contributed by atoms with Gasteiger partial charge in [-0.15, -0.1) is 0 Å². The summed E-state index contributed by atoms with van der Waals surface area (Å²) < 4.78 is 6.62. The van der Waals surface area contributed by atoms with Gasteiger partial charge in [0.05, 0.1) is 9.17 Å². The fraction of sp³-hybridized carbons (Fsp3) is 0.636. The molecule has 1 saturated heterocycles. The summed E-state index contributed by atoms with van der Waals surface area (Å²) in [6.45, 7) is 2.85. The minimum absolute atomic E-state index is 0.235. The number of H-pyrrole nitrogens is 1. The van der Waals surface area contributed by atoms with Crippen molar-refractivity contribution in [2.24, 2.45) is 0 Å². The number of nitrogens with one attached hydrogen (secondary N) is 1. The van der Waals surface area contributed by atoms with E-state index in [4.69, 9.17) is 4.74 Å². The first-order chi connectivity index (χ1) is 9.12. The Labute approximate surface area is 127 Å². The Morgan fingerprint density at radius 3 is 2.45 bits per heavy atom. The molecular weight excluding hydrogens is 383 g/mol. The average molecular weight is 398 g/mol. The lowest BCUT2D eigenvalue weighted by molar-refractivity contribution is -0.124. The predicted octanol–water partition coefficient (Wildman–Crippen LogP) is -1.47. The van der Waals surface area contributed by atoms with E-state index in [2.05, 4.69) is 4.98 Å². The quantitative estimate of drug-likeness (QED) is 0.451. The second kappa shape index (κ2) is 5.22. The first kappa shape index (κ1) is 15.6. The van der Waals surface area contributed by atoms with Gasteiger partial charge < -0.3 is 20.1 Å². The van der Waals surface area contributed by atoms with E-state index in [1.807, 2.05) is 0 Å². The number of halogens is 1. The summed E-state index contributed by atoms with van der Waals surface area (Å²) in [4.78, 5) is 25.1. The Morgan fingerprint density at radius 1 is 1.35 bits per heavy atom. The largest absolute Gasteiger partial charge is 0.388 e. The van der Waals surface area contributed by atoms with Crippen molar-refractivity contribution in [2.75, 3.05) is 0 Å². The Bertz CT molecular complexity index is 619. The van der Waals surface area contributed by atoms with E-state index in [0.29, 0.717) is 0 Å². The van der Waals surface area contributed by atoms with Gasteiger partial charge in [0.15, 0.2) is 6.23 Å². The summed E-state index contributed by atoms with van der Waals surface area (Å²) in [6.07, 6.45) is -3.75. The number of ether oxygens (including phenoxy) is 1. The number of aromatic amines is 1. The topological polar surface area (TPSA) is 125 Å². The van der Waals surface area contributed by atoms with Crippen LogP contribution in [0.1, 0.15) is 20.1 Å². The molecule has 4 atom stereocenters. The lowest BCUT2D eigenvalue weighted by Gasteiger charge is -2.27. The average Bonchev–Trinajstić information content (AvgIpc) is 2.61. The lowest BCUT2D eigenvalue weighted by atomic mass is 9.96. The molecule has 0 saturated carbocycles. The molecule has 0 amide bonds. The van der Waals surface area contributed by atoms with Crippen molar-refractivity contribution in [1.29, 1.82) is 0 Å². The molecule has 0 bridgehead atoms. The molecule has 1 aliphatic heterocycles. The predicted molar refractivity (Wildman–Crippen MR) is 76.3 cm³/mol. The van der Waals surface area contributed by atoms with Crippen molar-refractivity contribution in [3.05, 3.63) is 30.6 Å². The maximum absolute atomic E-state index is 11.8. The molecule has 0 aliphatic carbocycles. The summed E-state index contributed by atoms with van der Waals surface area (Å²) in [5.74, 6) is 0. The first-order valence-corrected chi connectivity index (χ1v) is 6.95. The molecule has 9 heteroatoms. The molecule has 0 aromatic carbocycles. The normalized spacial score (nSPS) is 30.7. The van der Waals surface area contributed by atoms with Crippen molar-refractivity contribution in [2.45, 2.75) is 44.0 Å². The highest BCUT2D eigenvalue weighted by atomic mass is 127. The highest BCUT2D eigenvalue weighted by molar-refractivity contribution is 14.1. The molecule has 0 unspecified atom stereocenters. The molecule has 4 N–H and O–H groups in total. The van der Waals surface area contributed by atoms with Gasteiger partial charge in [-0.3, -0.25) is 14.3 Å². The van der Waals surface area contributed by atoms with Gasteiger partial charge in [-0.05, 0) is 36.4 Å². The second-order valence-electron chi connectivity index (χ2n) is 5.23. The third kappa shape index (κ3) is 2.68. The van der Waals surface area contributed by atoms with Crippen molar-refractivity contribution in [3.8, 4) is 0 Å². The van der Waals surface area contributed by atoms with Crippen LogP contribution < -0.4 is 11.2 Å². The Hall–Kier alpha value is -0.750. The molecule has 0 radical (unpaired) electrons. The van der Waals surface area contributed by atoms with E-state index in [0.717, 1.165) is 4.57 Å². The minimum Gasteiger partial charge on any atom is -0.388 e. The summed E-state index contributed by atoms with van der Waals surface area (Å²) in [6, 6.07) is 0. The fourth-order valence-electron chi connectivity index (χ4n) is 2.12. The van der Waals surface area contributed by atoms with Gasteiger partial charge in [0.25, 0.3) is 5.56 Å². The molecule has 8 nitrogen and oxygen atoms in total. The first-order valence-electron chi connectivity index (χ1n) is 5.88. The van der Waals surface area contributed by atoms with Crippen molar-refractivity contribution in [1.82, 2.24) is 9.55 Å². The molecule has 1 aromatic heterocycles. The highest BCUT2D eigenvalue weighted by Crippen LogP contribution is 2.33. The van der Waals surface area contributed by atoms with Crippen LogP contribution in [0.25, 0.3) is 0 Å². The van der Waals surface area contributed by atoms with E-state index in [9.17, 15) is 24.9 Å². The summed E-state index contributed by atoms with van der Waals surface area (Å²) in [5.41, 5.74) is -2.70. The van der Waals surface area contributed by atoms with Gasteiger partial charge in [-0.1, -0.05) is 0 Å². The zero-order valence-electron chi connectivity index (χ0n) is 10.8. The summed E-state index contributed by atoms with van der Waals surface area (Å²) in [5, 5.41) is 29.8. The minimum atomic E-state index is -1.40. The zero-order chi connectivity index (χ0) is 15.2. The van der Waals surface area contributed by atoms with Crippen LogP contribution in [0, 0.1) is 3.57 Å². The molecular formula is C11H15IN2O6. The molecule has 112 valence electrons. The van der Waals surface area contributed by atoms with E-state index < -0.39 is 41.4 Å². The molecule has 1 fully saturated rings. The molecule has 2 rings (SSSR count). The molecule has 2 heterocycles. The van der Waals surface area contributed by atoms with Crippen molar-refractivity contribution >= 4 is 22.6 Å². The standard InChI is InChI=1S/C11H15IN2O6/c1-11(2,19)7-5(15)6(16)9(20-7)14-3-4(12)8(17)13-10(14)18/h3,5-7,9,15-16,19H,1-2H3,(H,13,17,18)/t5-,6+,7-,9+/m0/s1. The van der Waals surface area contributed by atoms with Gasteiger partial charge in [-0.2, -0.15) is 0 Å². The van der Waals surface area contributed by atoms with E-state index in [-0.39, 0.29) is 3.57 Å². The Morgan fingerprint density at radius 2 is 1.95 bits per heavy atom. The van der Waals surface area contributed by atoms with Crippen LogP contribution in [0.15, 0.2) is 15.8 Å². The summed E-state index contributed by atoms with van der Waals surface area (Å²) >= 11 is 1.73. The number of hydrogen-bond acceptors (Lipinski definition) is 6.